The molecule has 0 rings (SSSR count). The molecule has 0 aromatic rings. The highest BCUT2D eigenvalue weighted by Gasteiger charge is 2.04. The second-order valence-corrected chi connectivity index (χ2v) is 1.65. The number of aliphatic hydroxyl groups is 1. The van der Waals surface area contributed by atoms with Gasteiger partial charge in [-0.25, -0.2) is 0 Å². The molecule has 8 heavy (non-hydrogen) atoms. The first kappa shape index (κ1) is 7.43. The van der Waals surface area contributed by atoms with Crippen molar-refractivity contribution in [2.75, 3.05) is 6.61 Å². The number of rotatable bonds is 3. The van der Waals surface area contributed by atoms with Crippen molar-refractivity contribution in [2.45, 2.75) is 6.42 Å². The third kappa shape index (κ3) is 3.61. The zero-order chi connectivity index (χ0) is 6.57. The summed E-state index contributed by atoms with van der Waals surface area (Å²) >= 11 is 0. The van der Waals surface area contributed by atoms with Gasteiger partial charge in [-0.2, -0.15) is 0 Å². The second-order valence-electron chi connectivity index (χ2n) is 1.65. The first-order chi connectivity index (χ1) is 3.66. The van der Waals surface area contributed by atoms with E-state index in [1.807, 2.05) is 0 Å². The standard InChI is InChI=1S/C5H9O3/c1-4(3-6)2-5(7)8/h4,6H,1-3H2,(H,7,8). The van der Waals surface area contributed by atoms with E-state index >= 15 is 0 Å². The lowest BCUT2D eigenvalue weighted by Gasteiger charge is -1.99. The van der Waals surface area contributed by atoms with Crippen LogP contribution >= 0.6 is 0 Å². The van der Waals surface area contributed by atoms with Crippen molar-refractivity contribution < 1.29 is 15.0 Å². The topological polar surface area (TPSA) is 57.5 Å². The largest absolute Gasteiger partial charge is 0.481 e. The number of aliphatic carboxylic acids is 1. The summed E-state index contributed by atoms with van der Waals surface area (Å²) in [5.74, 6) is -1.29. The van der Waals surface area contributed by atoms with Gasteiger partial charge in [-0.05, 0) is 12.8 Å². The van der Waals surface area contributed by atoms with E-state index in [0.717, 1.165) is 0 Å². The third-order valence-corrected chi connectivity index (χ3v) is 0.721. The zero-order valence-corrected chi connectivity index (χ0v) is 4.50. The van der Waals surface area contributed by atoms with Crippen LogP contribution in [0.15, 0.2) is 0 Å². The van der Waals surface area contributed by atoms with Crippen LogP contribution in [0.3, 0.4) is 0 Å². The predicted octanol–water partition coefficient (Wildman–Crippen LogP) is -0.0963. The average Bonchev–Trinajstić information content (AvgIpc) is 1.65. The fourth-order valence-corrected chi connectivity index (χ4v) is 0.312. The molecule has 0 saturated carbocycles. The van der Waals surface area contributed by atoms with Crippen LogP contribution in [-0.2, 0) is 4.79 Å². The number of hydrogen-bond donors (Lipinski definition) is 2. The van der Waals surface area contributed by atoms with Crippen molar-refractivity contribution >= 4 is 5.97 Å². The molecule has 0 heterocycles. The molecule has 0 fully saturated rings. The predicted molar refractivity (Wildman–Crippen MR) is 28.2 cm³/mol. The molecule has 0 saturated heterocycles. The van der Waals surface area contributed by atoms with Gasteiger partial charge in [0.05, 0.1) is 6.42 Å². The molecule has 3 heteroatoms. The maximum atomic E-state index is 9.82. The molecule has 47 valence electrons. The summed E-state index contributed by atoms with van der Waals surface area (Å²) in [7, 11) is 0. The van der Waals surface area contributed by atoms with Crippen molar-refractivity contribution in [1.29, 1.82) is 0 Å². The van der Waals surface area contributed by atoms with Crippen LogP contribution in [0, 0.1) is 12.8 Å². The number of carboxylic acids is 1. The fraction of sp³-hybridized carbons (Fsp3) is 0.600. The lowest BCUT2D eigenvalue weighted by molar-refractivity contribution is -0.138. The molecule has 1 atom stereocenters. The van der Waals surface area contributed by atoms with Crippen LogP contribution in [0.25, 0.3) is 0 Å². The normalized spacial score (nSPS) is 13.2. The fourth-order valence-electron chi connectivity index (χ4n) is 0.312. The molecule has 0 bridgehead atoms. The van der Waals surface area contributed by atoms with E-state index in [0.29, 0.717) is 0 Å². The molecular formula is C5H9O3. The maximum absolute atomic E-state index is 9.82. The summed E-state index contributed by atoms with van der Waals surface area (Å²) in [6.07, 6.45) is -0.0590. The first-order valence-corrected chi connectivity index (χ1v) is 2.32. The van der Waals surface area contributed by atoms with Gasteiger partial charge in [0.25, 0.3) is 0 Å². The van der Waals surface area contributed by atoms with Gasteiger partial charge in [0, 0.05) is 6.61 Å². The van der Waals surface area contributed by atoms with E-state index in [1.165, 1.54) is 0 Å². The Morgan fingerprint density at radius 3 is 2.38 bits per heavy atom. The van der Waals surface area contributed by atoms with Crippen LogP contribution in [0.2, 0.25) is 0 Å². The summed E-state index contributed by atoms with van der Waals surface area (Å²) in [6, 6.07) is 0. The first-order valence-electron chi connectivity index (χ1n) is 2.32. The Morgan fingerprint density at radius 1 is 1.75 bits per heavy atom. The van der Waals surface area contributed by atoms with Crippen LogP contribution in [0.5, 0.6) is 0 Å². The van der Waals surface area contributed by atoms with E-state index in [-0.39, 0.29) is 18.9 Å². The lowest BCUT2D eigenvalue weighted by atomic mass is 10.1. The Balaban J connectivity index is 3.24. The maximum Gasteiger partial charge on any atom is 0.303 e. The molecule has 0 aromatic carbocycles. The summed E-state index contributed by atoms with van der Waals surface area (Å²) in [6.45, 7) is 3.21. The van der Waals surface area contributed by atoms with E-state index in [4.69, 9.17) is 10.2 Å². The van der Waals surface area contributed by atoms with Crippen LogP contribution in [0.4, 0.5) is 0 Å². The molecule has 2 N–H and O–H groups in total. The molecule has 3 nitrogen and oxygen atoms in total. The quantitative estimate of drug-likeness (QED) is 0.542. The van der Waals surface area contributed by atoms with Crippen LogP contribution < -0.4 is 0 Å². The van der Waals surface area contributed by atoms with Gasteiger partial charge >= 0.3 is 5.97 Å². The summed E-state index contributed by atoms with van der Waals surface area (Å²) in [5, 5.41) is 16.3. The minimum Gasteiger partial charge on any atom is -0.481 e. The van der Waals surface area contributed by atoms with Gasteiger partial charge < -0.3 is 10.2 Å². The molecule has 1 radical (unpaired) electrons. The van der Waals surface area contributed by atoms with E-state index < -0.39 is 5.97 Å². The second kappa shape index (κ2) is 3.43. The van der Waals surface area contributed by atoms with Gasteiger partial charge in [0.2, 0.25) is 0 Å². The van der Waals surface area contributed by atoms with Gasteiger partial charge in [0.1, 0.15) is 0 Å². The number of carbonyl (C=O) groups is 1. The van der Waals surface area contributed by atoms with Crippen molar-refractivity contribution in [1.82, 2.24) is 0 Å². The smallest absolute Gasteiger partial charge is 0.303 e. The van der Waals surface area contributed by atoms with Crippen molar-refractivity contribution in [3.8, 4) is 0 Å². The SMILES string of the molecule is [CH2]C(CO)CC(=O)O. The lowest BCUT2D eigenvalue weighted by Crippen LogP contribution is -2.07. The monoisotopic (exact) mass is 117 g/mol. The molecular weight excluding hydrogens is 108 g/mol. The zero-order valence-electron chi connectivity index (χ0n) is 4.50. The molecule has 0 spiro atoms. The molecule has 0 aromatic heterocycles. The Morgan fingerprint density at radius 2 is 2.25 bits per heavy atom. The Kier molecular flexibility index (Phi) is 3.19. The van der Waals surface area contributed by atoms with Crippen molar-refractivity contribution in [3.05, 3.63) is 6.92 Å². The molecule has 0 aliphatic carbocycles. The van der Waals surface area contributed by atoms with Crippen molar-refractivity contribution in [3.63, 3.8) is 0 Å². The van der Waals surface area contributed by atoms with Crippen LogP contribution in [-0.4, -0.2) is 22.8 Å². The van der Waals surface area contributed by atoms with Gasteiger partial charge in [-0.15, -0.1) is 0 Å². The minimum absolute atomic E-state index is 0.0590. The summed E-state index contributed by atoms with van der Waals surface area (Å²) in [4.78, 5) is 9.82. The number of hydrogen-bond acceptors (Lipinski definition) is 2. The molecule has 0 aliphatic heterocycles. The third-order valence-electron chi connectivity index (χ3n) is 0.721. The Hall–Kier alpha value is -0.570. The minimum atomic E-state index is -0.918. The summed E-state index contributed by atoms with van der Waals surface area (Å²) < 4.78 is 0. The van der Waals surface area contributed by atoms with Gasteiger partial charge in [-0.3, -0.25) is 4.79 Å². The highest BCUT2D eigenvalue weighted by molar-refractivity contribution is 5.67. The number of aliphatic hydroxyl groups excluding tert-OH is 1. The Bertz CT molecular complexity index is 79.7. The van der Waals surface area contributed by atoms with Gasteiger partial charge in [-0.1, -0.05) is 0 Å². The number of carboxylic acid groups (broad SMARTS) is 1. The van der Waals surface area contributed by atoms with E-state index in [1.54, 1.807) is 0 Å². The Labute approximate surface area is 47.9 Å². The highest BCUT2D eigenvalue weighted by Crippen LogP contribution is 1.97. The molecule has 0 aliphatic rings. The average molecular weight is 117 g/mol. The van der Waals surface area contributed by atoms with E-state index in [2.05, 4.69) is 6.92 Å². The molecule has 0 amide bonds. The molecule has 1 unspecified atom stereocenters. The van der Waals surface area contributed by atoms with Crippen LogP contribution in [0.1, 0.15) is 6.42 Å². The van der Waals surface area contributed by atoms with E-state index in [9.17, 15) is 4.79 Å². The summed E-state index contributed by atoms with van der Waals surface area (Å²) in [5.41, 5.74) is 0. The van der Waals surface area contributed by atoms with Crippen molar-refractivity contribution in [2.24, 2.45) is 5.92 Å². The van der Waals surface area contributed by atoms with Gasteiger partial charge in [0.15, 0.2) is 0 Å². The highest BCUT2D eigenvalue weighted by atomic mass is 16.4.